The second-order valence-electron chi connectivity index (χ2n) is 3.89. The van der Waals surface area contributed by atoms with E-state index in [1.165, 1.54) is 7.11 Å². The fraction of sp³-hybridized carbons (Fsp3) is 0.455. The molecule has 4 heteroatoms. The van der Waals surface area contributed by atoms with E-state index in [2.05, 4.69) is 15.9 Å². The van der Waals surface area contributed by atoms with Gasteiger partial charge in [-0.15, -0.1) is 0 Å². The predicted octanol–water partition coefficient (Wildman–Crippen LogP) is 1.77. The Hall–Kier alpha value is -0.900. The number of ether oxygens (including phenoxy) is 1. The van der Waals surface area contributed by atoms with E-state index in [9.17, 15) is 9.59 Å². The molecule has 0 aliphatic heterocycles. The summed E-state index contributed by atoms with van der Waals surface area (Å²) in [6.07, 6.45) is 4.05. The van der Waals surface area contributed by atoms with E-state index in [0.29, 0.717) is 6.42 Å². The van der Waals surface area contributed by atoms with Gasteiger partial charge >= 0.3 is 5.97 Å². The average molecular weight is 271 g/mol. The van der Waals surface area contributed by atoms with Crippen LogP contribution in [0.15, 0.2) is 23.3 Å². The number of ketones is 1. The molecule has 2 aliphatic carbocycles. The molecule has 1 fully saturated rings. The summed E-state index contributed by atoms with van der Waals surface area (Å²) in [5.41, 5.74) is 1.70. The first kappa shape index (κ1) is 10.6. The van der Waals surface area contributed by atoms with E-state index in [4.69, 9.17) is 4.74 Å². The van der Waals surface area contributed by atoms with Gasteiger partial charge in [-0.2, -0.15) is 0 Å². The fourth-order valence-electron chi connectivity index (χ4n) is 1.93. The van der Waals surface area contributed by atoms with Gasteiger partial charge in [0.2, 0.25) is 0 Å². The summed E-state index contributed by atoms with van der Waals surface area (Å²) in [6, 6.07) is 0. The normalized spacial score (nSPS) is 33.5. The van der Waals surface area contributed by atoms with Crippen LogP contribution in [0.3, 0.4) is 0 Å². The minimum absolute atomic E-state index is 0.0385. The number of methoxy groups -OCH3 is 1. The van der Waals surface area contributed by atoms with Crippen LogP contribution in [-0.4, -0.2) is 23.2 Å². The first-order valence-electron chi connectivity index (χ1n) is 4.71. The van der Waals surface area contributed by atoms with Gasteiger partial charge in [-0.05, 0) is 30.6 Å². The Bertz CT molecular complexity index is 408. The first-order chi connectivity index (χ1) is 7.00. The molecule has 0 unspecified atom stereocenters. The van der Waals surface area contributed by atoms with Crippen molar-refractivity contribution in [3.8, 4) is 0 Å². The monoisotopic (exact) mass is 270 g/mol. The third-order valence-corrected chi connectivity index (χ3v) is 4.21. The summed E-state index contributed by atoms with van der Waals surface area (Å²) in [6.45, 7) is 1.79. The average Bonchev–Trinajstić information content (AvgIpc) is 2.80. The Labute approximate surface area is 96.3 Å². The Kier molecular flexibility index (Phi) is 2.34. The van der Waals surface area contributed by atoms with Crippen LogP contribution in [0.5, 0.6) is 0 Å². The molecule has 2 rings (SSSR count). The van der Waals surface area contributed by atoms with Gasteiger partial charge in [-0.25, -0.2) is 0 Å². The van der Waals surface area contributed by atoms with Crippen LogP contribution < -0.4 is 0 Å². The van der Waals surface area contributed by atoms with Crippen LogP contribution in [-0.2, 0) is 14.3 Å². The molecule has 0 aromatic carbocycles. The van der Waals surface area contributed by atoms with E-state index in [1.54, 1.807) is 19.1 Å². The Morgan fingerprint density at radius 3 is 2.73 bits per heavy atom. The summed E-state index contributed by atoms with van der Waals surface area (Å²) >= 11 is 3.39. The number of alkyl halides is 1. The molecule has 1 saturated carbocycles. The molecule has 0 aromatic rings. The van der Waals surface area contributed by atoms with Crippen LogP contribution in [0.2, 0.25) is 0 Å². The van der Waals surface area contributed by atoms with Crippen molar-refractivity contribution in [3.05, 3.63) is 23.3 Å². The van der Waals surface area contributed by atoms with Crippen LogP contribution in [0.1, 0.15) is 13.3 Å². The first-order valence-corrected chi connectivity index (χ1v) is 5.50. The lowest BCUT2D eigenvalue weighted by molar-refractivity contribution is -0.140. The molecule has 2 aliphatic rings. The maximum absolute atomic E-state index is 11.5. The number of rotatable bonds is 2. The molecule has 0 N–H and O–H groups in total. The third-order valence-electron chi connectivity index (χ3n) is 3.01. The highest BCUT2D eigenvalue weighted by Gasteiger charge is 2.61. The smallest absolute Gasteiger partial charge is 0.323 e. The molecule has 0 amide bonds. The third kappa shape index (κ3) is 1.47. The maximum atomic E-state index is 11.5. The number of hydrogen-bond acceptors (Lipinski definition) is 3. The highest BCUT2D eigenvalue weighted by molar-refractivity contribution is 9.10. The van der Waals surface area contributed by atoms with E-state index < -0.39 is 4.32 Å². The van der Waals surface area contributed by atoms with E-state index in [-0.39, 0.29) is 17.7 Å². The van der Waals surface area contributed by atoms with Gasteiger partial charge in [0.25, 0.3) is 0 Å². The molecule has 0 bridgehead atoms. The second-order valence-corrected chi connectivity index (χ2v) is 5.30. The Morgan fingerprint density at radius 2 is 2.27 bits per heavy atom. The topological polar surface area (TPSA) is 43.4 Å². The van der Waals surface area contributed by atoms with Gasteiger partial charge in [-0.1, -0.05) is 22.0 Å². The van der Waals surface area contributed by atoms with Crippen molar-refractivity contribution in [2.75, 3.05) is 7.11 Å². The lowest BCUT2D eigenvalue weighted by atomic mass is 10.1. The van der Waals surface area contributed by atoms with Crippen molar-refractivity contribution in [1.82, 2.24) is 0 Å². The zero-order valence-corrected chi connectivity index (χ0v) is 10.1. The number of halogens is 1. The van der Waals surface area contributed by atoms with E-state index >= 15 is 0 Å². The second kappa shape index (κ2) is 3.30. The Morgan fingerprint density at radius 1 is 1.60 bits per heavy atom. The molecule has 0 radical (unpaired) electrons. The molecule has 80 valence electrons. The molecule has 0 aromatic heterocycles. The molecule has 0 heterocycles. The van der Waals surface area contributed by atoms with Gasteiger partial charge in [0.05, 0.1) is 7.11 Å². The van der Waals surface area contributed by atoms with Crippen molar-refractivity contribution < 1.29 is 14.3 Å². The largest absolute Gasteiger partial charge is 0.468 e. The predicted molar refractivity (Wildman–Crippen MR) is 58.6 cm³/mol. The van der Waals surface area contributed by atoms with Gasteiger partial charge in [0.15, 0.2) is 5.78 Å². The summed E-state index contributed by atoms with van der Waals surface area (Å²) in [4.78, 5) is 22.7. The zero-order valence-electron chi connectivity index (χ0n) is 8.54. The fourth-order valence-corrected chi connectivity index (χ4v) is 2.66. The van der Waals surface area contributed by atoms with Crippen LogP contribution in [0, 0.1) is 5.92 Å². The van der Waals surface area contributed by atoms with Gasteiger partial charge in [0, 0.05) is 5.92 Å². The Balaban J connectivity index is 2.22. The molecule has 3 nitrogen and oxygen atoms in total. The lowest BCUT2D eigenvalue weighted by Gasteiger charge is -2.07. The van der Waals surface area contributed by atoms with Crippen molar-refractivity contribution in [3.63, 3.8) is 0 Å². The molecule has 0 saturated heterocycles. The highest BCUT2D eigenvalue weighted by atomic mass is 79.9. The minimum atomic E-state index is -0.604. The number of carbonyl (C=O) groups excluding carboxylic acids is 2. The van der Waals surface area contributed by atoms with Crippen molar-refractivity contribution in [1.29, 1.82) is 0 Å². The number of allylic oxidation sites excluding steroid dienone is 4. The highest BCUT2D eigenvalue weighted by Crippen LogP contribution is 2.57. The van der Waals surface area contributed by atoms with Crippen LogP contribution >= 0.6 is 15.9 Å². The summed E-state index contributed by atoms with van der Waals surface area (Å²) in [7, 11) is 1.37. The number of hydrogen-bond donors (Lipinski definition) is 0. The quantitative estimate of drug-likeness (QED) is 0.568. The molecular weight excluding hydrogens is 260 g/mol. The molecular formula is C11H11BrO3. The van der Waals surface area contributed by atoms with Gasteiger partial charge in [-0.3, -0.25) is 9.59 Å². The van der Waals surface area contributed by atoms with Crippen molar-refractivity contribution in [2.45, 2.75) is 17.7 Å². The maximum Gasteiger partial charge on any atom is 0.323 e. The lowest BCUT2D eigenvalue weighted by Crippen LogP contribution is -2.20. The molecule has 2 atom stereocenters. The van der Waals surface area contributed by atoms with Crippen LogP contribution in [0.4, 0.5) is 0 Å². The van der Waals surface area contributed by atoms with E-state index in [1.807, 2.05) is 0 Å². The number of esters is 1. The summed E-state index contributed by atoms with van der Waals surface area (Å²) < 4.78 is 4.11. The van der Waals surface area contributed by atoms with Crippen molar-refractivity contribution in [2.24, 2.45) is 5.92 Å². The summed E-state index contributed by atoms with van der Waals surface area (Å²) in [5.74, 6) is -0.148. The van der Waals surface area contributed by atoms with Gasteiger partial charge in [0.1, 0.15) is 4.32 Å². The SMILES string of the molecule is COC(=O)[C@]1(Br)C[C@H]1C1=C(C)C(=O)C=C1. The standard InChI is InChI=1S/C11H11BrO3/c1-6-7(3-4-9(6)13)8-5-11(8,12)10(14)15-2/h3-4,8H,5H2,1-2H3/t8-,11-/m0/s1. The molecule has 15 heavy (non-hydrogen) atoms. The summed E-state index contributed by atoms with van der Waals surface area (Å²) in [5, 5.41) is 0. The van der Waals surface area contributed by atoms with Crippen LogP contribution in [0.25, 0.3) is 0 Å². The van der Waals surface area contributed by atoms with E-state index in [0.717, 1.165) is 11.1 Å². The minimum Gasteiger partial charge on any atom is -0.468 e. The van der Waals surface area contributed by atoms with Crippen molar-refractivity contribution >= 4 is 27.7 Å². The zero-order chi connectivity index (χ0) is 11.2. The van der Waals surface area contributed by atoms with Gasteiger partial charge < -0.3 is 4.74 Å². The molecule has 0 spiro atoms. The number of carbonyl (C=O) groups is 2.